The molecule has 0 saturated carbocycles. The van der Waals surface area contributed by atoms with Crippen molar-refractivity contribution in [3.63, 3.8) is 0 Å². The highest BCUT2D eigenvalue weighted by molar-refractivity contribution is 9.10. The van der Waals surface area contributed by atoms with E-state index in [1.54, 1.807) is 30.5 Å². The van der Waals surface area contributed by atoms with Crippen LogP contribution in [0, 0.1) is 0 Å². The normalized spacial score (nSPS) is 10.6. The Kier molecular flexibility index (Phi) is 4.25. The molecular weight excluding hydrogens is 310 g/mol. The molecule has 1 aromatic carbocycles. The summed E-state index contributed by atoms with van der Waals surface area (Å²) in [6.45, 7) is 0. The molecule has 0 aliphatic carbocycles. The fourth-order valence-electron chi connectivity index (χ4n) is 1.38. The van der Waals surface area contributed by atoms with Crippen LogP contribution in [0.1, 0.15) is 15.9 Å². The Morgan fingerprint density at radius 1 is 1.32 bits per heavy atom. The number of para-hydroxylation sites is 1. The van der Waals surface area contributed by atoms with Crippen LogP contribution >= 0.6 is 15.9 Å². The molecule has 1 amide bonds. The maximum atomic E-state index is 11.7. The third-order valence-electron chi connectivity index (χ3n) is 2.31. The summed E-state index contributed by atoms with van der Waals surface area (Å²) in [6, 6.07) is 9.82. The van der Waals surface area contributed by atoms with Crippen LogP contribution in [0.25, 0.3) is 0 Å². The van der Waals surface area contributed by atoms with Crippen molar-refractivity contribution in [2.24, 2.45) is 5.10 Å². The zero-order valence-electron chi connectivity index (χ0n) is 9.75. The zero-order valence-corrected chi connectivity index (χ0v) is 11.3. The molecule has 2 N–H and O–H groups in total. The lowest BCUT2D eigenvalue weighted by Crippen LogP contribution is -2.17. The van der Waals surface area contributed by atoms with Gasteiger partial charge < -0.3 is 5.11 Å². The average Bonchev–Trinajstić information content (AvgIpc) is 2.41. The minimum Gasteiger partial charge on any atom is -0.507 e. The summed E-state index contributed by atoms with van der Waals surface area (Å²) in [5, 5.41) is 13.3. The molecule has 0 fully saturated rings. The van der Waals surface area contributed by atoms with Gasteiger partial charge in [-0.05, 0) is 40.2 Å². The number of phenolic OH excluding ortho intramolecular Hbond substituents is 1. The van der Waals surface area contributed by atoms with Crippen molar-refractivity contribution in [2.45, 2.75) is 0 Å². The van der Waals surface area contributed by atoms with Crippen LogP contribution in [0.3, 0.4) is 0 Å². The minimum absolute atomic E-state index is 0.0854. The van der Waals surface area contributed by atoms with Crippen LogP contribution in [-0.2, 0) is 0 Å². The number of phenols is 1. The van der Waals surface area contributed by atoms with E-state index < -0.39 is 5.91 Å². The quantitative estimate of drug-likeness (QED) is 0.518. The van der Waals surface area contributed by atoms with Crippen LogP contribution in [0.2, 0.25) is 0 Å². The minimum atomic E-state index is -0.477. The van der Waals surface area contributed by atoms with Crippen molar-refractivity contribution in [1.29, 1.82) is 0 Å². The summed E-state index contributed by atoms with van der Waals surface area (Å²) in [5.74, 6) is -0.563. The van der Waals surface area contributed by atoms with Crippen molar-refractivity contribution in [2.75, 3.05) is 0 Å². The van der Waals surface area contributed by atoms with E-state index in [2.05, 4.69) is 31.4 Å². The van der Waals surface area contributed by atoms with E-state index in [1.807, 2.05) is 0 Å². The highest BCUT2D eigenvalue weighted by Gasteiger charge is 2.08. The molecule has 0 unspecified atom stereocenters. The summed E-state index contributed by atoms with van der Waals surface area (Å²) in [4.78, 5) is 15.8. The monoisotopic (exact) mass is 319 g/mol. The van der Waals surface area contributed by atoms with Crippen molar-refractivity contribution in [1.82, 2.24) is 10.4 Å². The Morgan fingerprint density at radius 3 is 2.84 bits per heavy atom. The molecule has 2 rings (SSSR count). The molecule has 0 saturated heterocycles. The number of hydrazone groups is 1. The van der Waals surface area contributed by atoms with Gasteiger partial charge in [0.15, 0.2) is 0 Å². The van der Waals surface area contributed by atoms with Crippen LogP contribution < -0.4 is 5.43 Å². The van der Waals surface area contributed by atoms with E-state index in [0.717, 1.165) is 5.56 Å². The number of hydrogen-bond donors (Lipinski definition) is 2. The molecule has 1 aromatic heterocycles. The fraction of sp³-hybridized carbons (Fsp3) is 0. The van der Waals surface area contributed by atoms with E-state index in [1.165, 1.54) is 18.3 Å². The summed E-state index contributed by atoms with van der Waals surface area (Å²) < 4.78 is 0.635. The molecule has 0 spiro atoms. The number of rotatable bonds is 3. The molecule has 1 heterocycles. The lowest BCUT2D eigenvalue weighted by molar-refractivity contribution is 0.0952. The number of benzene rings is 1. The van der Waals surface area contributed by atoms with Crippen molar-refractivity contribution in [3.05, 3.63) is 58.3 Å². The number of carbonyl (C=O) groups is 1. The Labute approximate surface area is 118 Å². The first-order chi connectivity index (χ1) is 9.18. The van der Waals surface area contributed by atoms with Crippen molar-refractivity contribution in [3.8, 4) is 5.75 Å². The molecule has 2 aromatic rings. The third kappa shape index (κ3) is 3.38. The second kappa shape index (κ2) is 6.10. The summed E-state index contributed by atoms with van der Waals surface area (Å²) in [7, 11) is 0. The largest absolute Gasteiger partial charge is 0.507 e. The Morgan fingerprint density at radius 2 is 2.11 bits per heavy atom. The van der Waals surface area contributed by atoms with Crippen molar-refractivity contribution >= 4 is 28.1 Å². The lowest BCUT2D eigenvalue weighted by atomic mass is 10.2. The Hall–Kier alpha value is -2.21. The number of hydrogen-bond acceptors (Lipinski definition) is 4. The van der Waals surface area contributed by atoms with E-state index in [0.29, 0.717) is 4.60 Å². The fourth-order valence-corrected chi connectivity index (χ4v) is 1.73. The zero-order chi connectivity index (χ0) is 13.7. The number of nitrogens with zero attached hydrogens (tertiary/aromatic N) is 2. The smallest absolute Gasteiger partial charge is 0.275 e. The maximum absolute atomic E-state index is 11.7. The topological polar surface area (TPSA) is 74.6 Å². The lowest BCUT2D eigenvalue weighted by Gasteiger charge is -2.02. The van der Waals surface area contributed by atoms with Gasteiger partial charge in [0, 0.05) is 11.8 Å². The third-order valence-corrected chi connectivity index (χ3v) is 2.97. The molecule has 5 nitrogen and oxygen atoms in total. The molecule has 0 bridgehead atoms. The highest BCUT2D eigenvalue weighted by Crippen LogP contribution is 2.15. The van der Waals surface area contributed by atoms with Gasteiger partial charge in [-0.15, -0.1) is 0 Å². The first-order valence-electron chi connectivity index (χ1n) is 5.40. The van der Waals surface area contributed by atoms with Gasteiger partial charge in [-0.3, -0.25) is 4.79 Å². The highest BCUT2D eigenvalue weighted by atomic mass is 79.9. The molecular formula is C13H10BrN3O2. The molecule has 0 aliphatic rings. The first kappa shape index (κ1) is 13.2. The van der Waals surface area contributed by atoms with Gasteiger partial charge >= 0.3 is 0 Å². The van der Waals surface area contributed by atoms with Gasteiger partial charge in [0.2, 0.25) is 0 Å². The van der Waals surface area contributed by atoms with E-state index >= 15 is 0 Å². The van der Waals surface area contributed by atoms with Gasteiger partial charge in [-0.25, -0.2) is 10.4 Å². The Bertz CT molecular complexity index is 629. The second-order valence-corrected chi connectivity index (χ2v) is 4.35. The average molecular weight is 320 g/mol. The SMILES string of the molecule is O=C(N/N=C/c1cccnc1Br)c1ccccc1O. The van der Waals surface area contributed by atoms with Crippen LogP contribution in [-0.4, -0.2) is 22.2 Å². The number of pyridine rings is 1. The summed E-state index contributed by atoms with van der Waals surface area (Å²) in [5.41, 5.74) is 3.24. The van der Waals surface area contributed by atoms with Crippen LogP contribution in [0.15, 0.2) is 52.3 Å². The van der Waals surface area contributed by atoms with Crippen molar-refractivity contribution < 1.29 is 9.90 Å². The number of nitrogens with one attached hydrogen (secondary N) is 1. The summed E-state index contributed by atoms with van der Waals surface area (Å²) in [6.07, 6.45) is 3.11. The van der Waals surface area contributed by atoms with E-state index in [-0.39, 0.29) is 11.3 Å². The molecule has 0 radical (unpaired) electrons. The van der Waals surface area contributed by atoms with Gasteiger partial charge in [0.25, 0.3) is 5.91 Å². The van der Waals surface area contributed by atoms with Gasteiger partial charge in [0.1, 0.15) is 10.4 Å². The van der Waals surface area contributed by atoms with E-state index in [9.17, 15) is 9.90 Å². The molecule has 19 heavy (non-hydrogen) atoms. The summed E-state index contributed by atoms with van der Waals surface area (Å²) >= 11 is 3.26. The van der Waals surface area contributed by atoms with Gasteiger partial charge in [0.05, 0.1) is 11.8 Å². The number of aromatic nitrogens is 1. The predicted octanol–water partition coefficient (Wildman–Crippen LogP) is 2.31. The number of amides is 1. The Balaban J connectivity index is 2.06. The van der Waals surface area contributed by atoms with Gasteiger partial charge in [-0.2, -0.15) is 5.10 Å². The maximum Gasteiger partial charge on any atom is 0.275 e. The number of aromatic hydroxyl groups is 1. The molecule has 0 atom stereocenters. The molecule has 0 aliphatic heterocycles. The number of carbonyl (C=O) groups excluding carboxylic acids is 1. The molecule has 96 valence electrons. The first-order valence-corrected chi connectivity index (χ1v) is 6.19. The van der Waals surface area contributed by atoms with Crippen LogP contribution in [0.5, 0.6) is 5.75 Å². The molecule has 6 heteroatoms. The van der Waals surface area contributed by atoms with E-state index in [4.69, 9.17) is 0 Å². The predicted molar refractivity (Wildman–Crippen MR) is 75.1 cm³/mol. The van der Waals surface area contributed by atoms with Crippen LogP contribution in [0.4, 0.5) is 0 Å². The second-order valence-electron chi connectivity index (χ2n) is 3.60. The standard InChI is InChI=1S/C13H10BrN3O2/c14-12-9(4-3-7-15-12)8-16-17-13(19)10-5-1-2-6-11(10)18/h1-8,18H,(H,17,19)/b16-8+. The number of halogens is 1. The van der Waals surface area contributed by atoms with Gasteiger partial charge in [-0.1, -0.05) is 12.1 Å².